The van der Waals surface area contributed by atoms with E-state index in [1.54, 1.807) is 0 Å². The molecule has 0 saturated heterocycles. The molecule has 1 fully saturated rings. The smallest absolute Gasteiger partial charge is 0.102 e. The normalized spacial score (nSPS) is 37.7. The summed E-state index contributed by atoms with van der Waals surface area (Å²) >= 11 is 0. The first-order valence-corrected chi connectivity index (χ1v) is 7.60. The molecular weight excluding hydrogens is 246 g/mol. The van der Waals surface area contributed by atoms with Gasteiger partial charge < -0.3 is 5.11 Å². The number of aliphatic hydroxyl groups is 1. The summed E-state index contributed by atoms with van der Waals surface area (Å²) in [5.41, 5.74) is 2.42. The number of aliphatic hydroxyl groups excluding tert-OH is 1. The van der Waals surface area contributed by atoms with Gasteiger partial charge in [0, 0.05) is 6.04 Å². The molecule has 0 spiro atoms. The first-order valence-electron chi connectivity index (χ1n) is 6.45. The molecule has 4 heteroatoms. The fourth-order valence-corrected chi connectivity index (χ4v) is 4.23. The van der Waals surface area contributed by atoms with Crippen LogP contribution in [0, 0.1) is 5.92 Å². The number of benzene rings is 1. The number of hydrogen-bond acceptors (Lipinski definition) is 2. The van der Waals surface area contributed by atoms with Crippen molar-refractivity contribution in [3.63, 3.8) is 0 Å². The highest BCUT2D eigenvalue weighted by Crippen LogP contribution is 2.45. The molecular formula is C14H19NO2S. The Hall–Kier alpha value is -0.710. The summed E-state index contributed by atoms with van der Waals surface area (Å²) in [5, 5.41) is 9.46. The lowest BCUT2D eigenvalue weighted by Gasteiger charge is -2.44. The van der Waals surface area contributed by atoms with Crippen LogP contribution in [-0.2, 0) is 15.7 Å². The zero-order valence-electron chi connectivity index (χ0n) is 10.7. The Bertz CT molecular complexity index is 494. The third kappa shape index (κ3) is 1.75. The third-order valence-corrected chi connectivity index (χ3v) is 5.88. The molecule has 1 aliphatic carbocycles. The van der Waals surface area contributed by atoms with Crippen LogP contribution in [-0.4, -0.2) is 15.4 Å². The van der Waals surface area contributed by atoms with Gasteiger partial charge in [0.2, 0.25) is 0 Å². The molecule has 2 atom stereocenters. The average molecular weight is 265 g/mol. The highest BCUT2D eigenvalue weighted by molar-refractivity contribution is 7.84. The van der Waals surface area contributed by atoms with E-state index in [9.17, 15) is 9.32 Å². The molecule has 1 aromatic rings. The van der Waals surface area contributed by atoms with Crippen LogP contribution in [0.1, 0.15) is 43.9 Å². The van der Waals surface area contributed by atoms with E-state index < -0.39 is 11.0 Å². The molecule has 3 nitrogen and oxygen atoms in total. The van der Waals surface area contributed by atoms with Crippen molar-refractivity contribution in [2.75, 3.05) is 0 Å². The fourth-order valence-electron chi connectivity index (χ4n) is 2.99. The summed E-state index contributed by atoms with van der Waals surface area (Å²) in [6, 6.07) is 8.37. The predicted molar refractivity (Wildman–Crippen MR) is 72.2 cm³/mol. The summed E-state index contributed by atoms with van der Waals surface area (Å²) < 4.78 is 15.2. The molecule has 0 amide bonds. The van der Waals surface area contributed by atoms with Gasteiger partial charge in [-0.2, -0.15) is 0 Å². The van der Waals surface area contributed by atoms with Crippen LogP contribution < -0.4 is 4.72 Å². The number of hydrogen-bond donors (Lipinski definition) is 2. The van der Waals surface area contributed by atoms with E-state index in [0.717, 1.165) is 12.8 Å². The maximum atomic E-state index is 12.4. The van der Waals surface area contributed by atoms with E-state index in [2.05, 4.69) is 16.9 Å². The molecule has 3 rings (SSSR count). The topological polar surface area (TPSA) is 49.3 Å². The predicted octanol–water partition coefficient (Wildman–Crippen LogP) is 2.00. The Morgan fingerprint density at radius 2 is 2.00 bits per heavy atom. The molecule has 1 saturated carbocycles. The van der Waals surface area contributed by atoms with Gasteiger partial charge in [0.05, 0.1) is 10.9 Å². The zero-order valence-corrected chi connectivity index (χ0v) is 11.5. The molecule has 18 heavy (non-hydrogen) atoms. The van der Waals surface area contributed by atoms with Gasteiger partial charge in [-0.05, 0) is 43.7 Å². The minimum Gasteiger partial charge on any atom is -0.393 e. The number of rotatable bonds is 1. The minimum absolute atomic E-state index is 0.124. The number of nitrogens with one attached hydrogen (secondary N) is 1. The quantitative estimate of drug-likeness (QED) is 0.816. The van der Waals surface area contributed by atoms with Crippen molar-refractivity contribution in [2.24, 2.45) is 5.92 Å². The molecule has 0 aromatic heterocycles. The largest absolute Gasteiger partial charge is 0.393 e. The molecule has 1 aliphatic heterocycles. The molecule has 1 aromatic carbocycles. The molecule has 98 valence electrons. The SMILES string of the molecule is CC1(C)c2ccccc2C(C2CC(O)C2)NS1=O. The van der Waals surface area contributed by atoms with Gasteiger partial charge >= 0.3 is 0 Å². The van der Waals surface area contributed by atoms with Crippen LogP contribution in [0.15, 0.2) is 24.3 Å². The van der Waals surface area contributed by atoms with Crippen LogP contribution in [0.25, 0.3) is 0 Å². The first kappa shape index (κ1) is 12.3. The molecule has 0 radical (unpaired) electrons. The maximum absolute atomic E-state index is 12.4. The van der Waals surface area contributed by atoms with Gasteiger partial charge in [-0.3, -0.25) is 0 Å². The molecule has 0 bridgehead atoms. The van der Waals surface area contributed by atoms with E-state index in [-0.39, 0.29) is 16.9 Å². The standard InChI is InChI=1S/C14H19NO2S/c1-14(2)12-6-4-3-5-11(12)13(15-18(14)17)9-7-10(16)8-9/h3-6,9-10,13,15-16H,7-8H2,1-2H3. The van der Waals surface area contributed by atoms with Crippen molar-refractivity contribution in [1.29, 1.82) is 0 Å². The van der Waals surface area contributed by atoms with E-state index >= 15 is 0 Å². The van der Waals surface area contributed by atoms with Crippen molar-refractivity contribution < 1.29 is 9.32 Å². The van der Waals surface area contributed by atoms with Crippen LogP contribution in [0.2, 0.25) is 0 Å². The van der Waals surface area contributed by atoms with Gasteiger partial charge in [-0.25, -0.2) is 8.93 Å². The van der Waals surface area contributed by atoms with Gasteiger partial charge in [0.1, 0.15) is 11.0 Å². The van der Waals surface area contributed by atoms with Crippen LogP contribution in [0.4, 0.5) is 0 Å². The second-order valence-electron chi connectivity index (χ2n) is 5.85. The lowest BCUT2D eigenvalue weighted by atomic mass is 9.74. The van der Waals surface area contributed by atoms with Crippen molar-refractivity contribution in [2.45, 2.75) is 43.6 Å². The maximum Gasteiger partial charge on any atom is 0.102 e. The van der Waals surface area contributed by atoms with E-state index in [0.29, 0.717) is 5.92 Å². The van der Waals surface area contributed by atoms with Gasteiger partial charge in [0.25, 0.3) is 0 Å². The highest BCUT2D eigenvalue weighted by Gasteiger charge is 2.44. The summed E-state index contributed by atoms with van der Waals surface area (Å²) in [6.07, 6.45) is 1.44. The Balaban J connectivity index is 2.01. The first-order chi connectivity index (χ1) is 8.50. The Morgan fingerprint density at radius 3 is 2.67 bits per heavy atom. The highest BCUT2D eigenvalue weighted by atomic mass is 32.2. The van der Waals surface area contributed by atoms with E-state index in [1.807, 2.05) is 26.0 Å². The second kappa shape index (κ2) is 4.15. The summed E-state index contributed by atoms with van der Waals surface area (Å²) in [6.45, 7) is 4.03. The Morgan fingerprint density at radius 1 is 1.33 bits per heavy atom. The van der Waals surface area contributed by atoms with Gasteiger partial charge in [0.15, 0.2) is 0 Å². The minimum atomic E-state index is -1.07. The van der Waals surface area contributed by atoms with Gasteiger partial charge in [-0.15, -0.1) is 0 Å². The number of fused-ring (bicyclic) bond motifs is 1. The van der Waals surface area contributed by atoms with E-state index in [1.165, 1.54) is 11.1 Å². The van der Waals surface area contributed by atoms with Crippen molar-refractivity contribution in [3.05, 3.63) is 35.4 Å². The van der Waals surface area contributed by atoms with Gasteiger partial charge in [-0.1, -0.05) is 24.3 Å². The van der Waals surface area contributed by atoms with Crippen LogP contribution in [0.5, 0.6) is 0 Å². The summed E-state index contributed by atoms with van der Waals surface area (Å²) in [7, 11) is -1.07. The average Bonchev–Trinajstić information content (AvgIpc) is 2.31. The lowest BCUT2D eigenvalue weighted by molar-refractivity contribution is 0.0275. The second-order valence-corrected chi connectivity index (χ2v) is 7.64. The van der Waals surface area contributed by atoms with Crippen molar-refractivity contribution >= 4 is 11.0 Å². The Labute approximate surface area is 110 Å². The molecule has 2 N–H and O–H groups in total. The monoisotopic (exact) mass is 265 g/mol. The van der Waals surface area contributed by atoms with Crippen molar-refractivity contribution in [3.8, 4) is 0 Å². The summed E-state index contributed by atoms with van der Waals surface area (Å²) in [5.74, 6) is 0.404. The molecule has 2 unspecified atom stereocenters. The lowest BCUT2D eigenvalue weighted by Crippen LogP contribution is -2.48. The van der Waals surface area contributed by atoms with E-state index in [4.69, 9.17) is 0 Å². The fraction of sp³-hybridized carbons (Fsp3) is 0.571. The van der Waals surface area contributed by atoms with Crippen LogP contribution in [0.3, 0.4) is 0 Å². The van der Waals surface area contributed by atoms with Crippen molar-refractivity contribution in [1.82, 2.24) is 4.72 Å². The third-order valence-electron chi connectivity index (χ3n) is 4.26. The molecule has 1 heterocycles. The van der Waals surface area contributed by atoms with Crippen LogP contribution >= 0.6 is 0 Å². The Kier molecular flexibility index (Phi) is 2.84. The molecule has 2 aliphatic rings. The zero-order chi connectivity index (χ0) is 12.9. The summed E-state index contributed by atoms with van der Waals surface area (Å²) in [4.78, 5) is 0.